The molecule has 0 aliphatic rings. The maximum Gasteiger partial charge on any atom is 0.265 e. The first kappa shape index (κ1) is 13.7. The molecule has 6 heteroatoms. The van der Waals surface area contributed by atoms with Crippen LogP contribution in [0.2, 0.25) is 0 Å². The second kappa shape index (κ2) is 5.52. The van der Waals surface area contributed by atoms with Gasteiger partial charge in [0, 0.05) is 26.0 Å². The van der Waals surface area contributed by atoms with Crippen LogP contribution in [0.5, 0.6) is 0 Å². The first-order chi connectivity index (χ1) is 9.04. The Kier molecular flexibility index (Phi) is 3.99. The summed E-state index contributed by atoms with van der Waals surface area (Å²) in [6.45, 7) is 4.97. The highest BCUT2D eigenvalue weighted by Crippen LogP contribution is 2.31. The predicted octanol–water partition coefficient (Wildman–Crippen LogP) is 2.39. The van der Waals surface area contributed by atoms with Crippen molar-refractivity contribution in [3.63, 3.8) is 0 Å². The normalized spacial score (nSPS) is 12.6. The summed E-state index contributed by atoms with van der Waals surface area (Å²) in [5, 5.41) is 0. The van der Waals surface area contributed by atoms with Crippen LogP contribution in [0.4, 0.5) is 5.69 Å². The predicted molar refractivity (Wildman–Crippen MR) is 78.2 cm³/mol. The zero-order valence-corrected chi connectivity index (χ0v) is 12.2. The standard InChI is InChI=1S/C13H18N4OS/c1-4-8(2)7-17(3)13(18)11-9(14)10-12(19-11)16-6-5-15-10/h5-6,8H,4,7,14H2,1-3H3. The van der Waals surface area contributed by atoms with E-state index in [0.29, 0.717) is 26.8 Å². The van der Waals surface area contributed by atoms with Crippen molar-refractivity contribution < 1.29 is 4.79 Å². The Morgan fingerprint density at radius 3 is 2.79 bits per heavy atom. The minimum Gasteiger partial charge on any atom is -0.396 e. The third-order valence-electron chi connectivity index (χ3n) is 3.19. The number of thiophene rings is 1. The molecule has 0 bridgehead atoms. The molecular weight excluding hydrogens is 260 g/mol. The Balaban J connectivity index is 2.28. The van der Waals surface area contributed by atoms with Crippen LogP contribution < -0.4 is 5.73 Å². The maximum absolute atomic E-state index is 12.4. The van der Waals surface area contributed by atoms with E-state index in [1.54, 1.807) is 24.3 Å². The van der Waals surface area contributed by atoms with E-state index in [1.165, 1.54) is 11.3 Å². The Labute approximate surface area is 116 Å². The van der Waals surface area contributed by atoms with Gasteiger partial charge in [0.2, 0.25) is 0 Å². The zero-order valence-electron chi connectivity index (χ0n) is 11.4. The summed E-state index contributed by atoms with van der Waals surface area (Å²) in [6, 6.07) is 0. The average Bonchev–Trinajstić information content (AvgIpc) is 2.75. The van der Waals surface area contributed by atoms with Crippen LogP contribution in [0.15, 0.2) is 12.4 Å². The largest absolute Gasteiger partial charge is 0.396 e. The Bertz CT molecular complexity index is 595. The summed E-state index contributed by atoms with van der Waals surface area (Å²) in [4.78, 5) is 23.7. The molecule has 0 aliphatic heterocycles. The topological polar surface area (TPSA) is 72.1 Å². The number of anilines is 1. The first-order valence-electron chi connectivity index (χ1n) is 6.29. The van der Waals surface area contributed by atoms with Gasteiger partial charge < -0.3 is 10.6 Å². The van der Waals surface area contributed by atoms with Crippen LogP contribution >= 0.6 is 11.3 Å². The van der Waals surface area contributed by atoms with Gasteiger partial charge in [-0.1, -0.05) is 20.3 Å². The molecule has 0 aromatic carbocycles. The van der Waals surface area contributed by atoms with Crippen molar-refractivity contribution in [3.8, 4) is 0 Å². The quantitative estimate of drug-likeness (QED) is 0.932. The minimum absolute atomic E-state index is 0.0531. The average molecular weight is 278 g/mol. The molecule has 1 amide bonds. The molecule has 2 aromatic rings. The monoisotopic (exact) mass is 278 g/mol. The molecule has 1 unspecified atom stereocenters. The van der Waals surface area contributed by atoms with Crippen molar-refractivity contribution in [1.29, 1.82) is 0 Å². The second-order valence-electron chi connectivity index (χ2n) is 4.75. The van der Waals surface area contributed by atoms with Crippen LogP contribution in [0.3, 0.4) is 0 Å². The number of nitrogens with zero attached hydrogens (tertiary/aromatic N) is 3. The molecule has 0 aliphatic carbocycles. The summed E-state index contributed by atoms with van der Waals surface area (Å²) < 4.78 is 0. The van der Waals surface area contributed by atoms with E-state index < -0.39 is 0 Å². The number of carbonyl (C=O) groups excluding carboxylic acids is 1. The molecule has 2 heterocycles. The molecule has 5 nitrogen and oxygen atoms in total. The van der Waals surface area contributed by atoms with Crippen molar-refractivity contribution in [2.75, 3.05) is 19.3 Å². The number of fused-ring (bicyclic) bond motifs is 1. The molecule has 0 saturated carbocycles. The Morgan fingerprint density at radius 1 is 1.47 bits per heavy atom. The van der Waals surface area contributed by atoms with E-state index in [9.17, 15) is 4.79 Å². The van der Waals surface area contributed by atoms with Gasteiger partial charge in [-0.25, -0.2) is 9.97 Å². The van der Waals surface area contributed by atoms with Crippen LogP contribution in [0.1, 0.15) is 29.9 Å². The van der Waals surface area contributed by atoms with Gasteiger partial charge in [-0.3, -0.25) is 4.79 Å². The highest BCUT2D eigenvalue weighted by Gasteiger charge is 2.21. The number of rotatable bonds is 4. The summed E-state index contributed by atoms with van der Waals surface area (Å²) in [5.41, 5.74) is 7.06. The number of nitrogen functional groups attached to an aromatic ring is 1. The van der Waals surface area contributed by atoms with Crippen molar-refractivity contribution in [3.05, 3.63) is 17.3 Å². The molecule has 0 fully saturated rings. The third-order valence-corrected chi connectivity index (χ3v) is 4.28. The fourth-order valence-electron chi connectivity index (χ4n) is 1.86. The smallest absolute Gasteiger partial charge is 0.265 e. The number of hydrogen-bond donors (Lipinski definition) is 1. The van der Waals surface area contributed by atoms with Crippen molar-refractivity contribution in [2.45, 2.75) is 20.3 Å². The molecule has 0 radical (unpaired) electrons. The highest BCUT2D eigenvalue weighted by molar-refractivity contribution is 7.21. The van der Waals surface area contributed by atoms with Gasteiger partial charge in [0.15, 0.2) is 0 Å². The number of amides is 1. The first-order valence-corrected chi connectivity index (χ1v) is 7.10. The van der Waals surface area contributed by atoms with Crippen LogP contribution in [0.25, 0.3) is 10.3 Å². The van der Waals surface area contributed by atoms with Crippen molar-refractivity contribution >= 4 is 33.3 Å². The lowest BCUT2D eigenvalue weighted by Crippen LogP contribution is -2.30. The molecule has 0 spiro atoms. The molecule has 1 atom stereocenters. The molecule has 0 saturated heterocycles. The summed E-state index contributed by atoms with van der Waals surface area (Å²) in [6.07, 6.45) is 4.24. The van der Waals surface area contributed by atoms with E-state index in [-0.39, 0.29) is 5.91 Å². The van der Waals surface area contributed by atoms with Gasteiger partial charge in [-0.2, -0.15) is 0 Å². The second-order valence-corrected chi connectivity index (χ2v) is 5.75. The van der Waals surface area contributed by atoms with E-state index in [1.807, 2.05) is 0 Å². The molecule has 2 aromatic heterocycles. The van der Waals surface area contributed by atoms with E-state index in [4.69, 9.17) is 5.73 Å². The summed E-state index contributed by atoms with van der Waals surface area (Å²) in [5.74, 6) is 0.420. The zero-order chi connectivity index (χ0) is 14.0. The SMILES string of the molecule is CCC(C)CN(C)C(=O)c1sc2nccnc2c1N. The lowest BCUT2D eigenvalue weighted by atomic mass is 10.1. The lowest BCUT2D eigenvalue weighted by molar-refractivity contribution is 0.0780. The summed E-state index contributed by atoms with van der Waals surface area (Å²) >= 11 is 1.31. The fraction of sp³-hybridized carbons (Fsp3) is 0.462. The minimum atomic E-state index is -0.0531. The van der Waals surface area contributed by atoms with Crippen LogP contribution in [-0.2, 0) is 0 Å². The molecule has 2 N–H and O–H groups in total. The lowest BCUT2D eigenvalue weighted by Gasteiger charge is -2.20. The number of carbonyl (C=O) groups is 1. The molecule has 102 valence electrons. The molecule has 2 rings (SSSR count). The van der Waals surface area contributed by atoms with Gasteiger partial charge >= 0.3 is 0 Å². The molecule has 19 heavy (non-hydrogen) atoms. The van der Waals surface area contributed by atoms with E-state index in [0.717, 1.165) is 13.0 Å². The van der Waals surface area contributed by atoms with Crippen LogP contribution in [-0.4, -0.2) is 34.4 Å². The van der Waals surface area contributed by atoms with Gasteiger partial charge in [-0.15, -0.1) is 11.3 Å². The third kappa shape index (κ3) is 2.68. The van der Waals surface area contributed by atoms with Gasteiger partial charge in [-0.05, 0) is 5.92 Å². The van der Waals surface area contributed by atoms with Gasteiger partial charge in [0.05, 0.1) is 5.69 Å². The van der Waals surface area contributed by atoms with Crippen LogP contribution in [0, 0.1) is 5.92 Å². The fourth-order valence-corrected chi connectivity index (χ4v) is 2.87. The van der Waals surface area contributed by atoms with Crippen molar-refractivity contribution in [1.82, 2.24) is 14.9 Å². The maximum atomic E-state index is 12.4. The Hall–Kier alpha value is -1.69. The molecular formula is C13H18N4OS. The van der Waals surface area contributed by atoms with E-state index in [2.05, 4.69) is 23.8 Å². The number of aromatic nitrogens is 2. The van der Waals surface area contributed by atoms with E-state index >= 15 is 0 Å². The number of hydrogen-bond acceptors (Lipinski definition) is 5. The van der Waals surface area contributed by atoms with Gasteiger partial charge in [0.1, 0.15) is 15.2 Å². The highest BCUT2D eigenvalue weighted by atomic mass is 32.1. The van der Waals surface area contributed by atoms with Gasteiger partial charge in [0.25, 0.3) is 5.91 Å². The summed E-state index contributed by atoms with van der Waals surface area (Å²) in [7, 11) is 1.80. The Morgan fingerprint density at radius 2 is 2.16 bits per heavy atom. The van der Waals surface area contributed by atoms with Crippen molar-refractivity contribution in [2.24, 2.45) is 5.92 Å². The number of nitrogens with two attached hydrogens (primary N) is 1.